The van der Waals surface area contributed by atoms with Gasteiger partial charge in [0.1, 0.15) is 5.75 Å². The molecule has 1 amide bonds. The quantitative estimate of drug-likeness (QED) is 0.851. The predicted octanol–water partition coefficient (Wildman–Crippen LogP) is 3.05. The number of methoxy groups -OCH3 is 1. The molecule has 0 fully saturated rings. The van der Waals surface area contributed by atoms with Crippen LogP contribution < -0.4 is 10.1 Å². The summed E-state index contributed by atoms with van der Waals surface area (Å²) in [5, 5.41) is 3.05. The van der Waals surface area contributed by atoms with E-state index in [1.54, 1.807) is 24.3 Å². The van der Waals surface area contributed by atoms with E-state index in [0.717, 1.165) is 19.3 Å². The van der Waals surface area contributed by atoms with Gasteiger partial charge in [0.25, 0.3) is 5.91 Å². The molecule has 25 heavy (non-hydrogen) atoms. The van der Waals surface area contributed by atoms with E-state index in [-0.39, 0.29) is 18.6 Å². The van der Waals surface area contributed by atoms with Crippen LogP contribution in [0.5, 0.6) is 5.75 Å². The first-order chi connectivity index (χ1) is 12.2. The first kappa shape index (κ1) is 17.0. The highest BCUT2D eigenvalue weighted by Gasteiger charge is 2.21. The molecular weight excluding hydrogens is 318 g/mol. The summed E-state index contributed by atoms with van der Waals surface area (Å²) in [6, 6.07) is 14.8. The van der Waals surface area contributed by atoms with Crippen molar-refractivity contribution >= 4 is 11.9 Å². The Morgan fingerprint density at radius 1 is 1.12 bits per heavy atom. The fraction of sp³-hybridized carbons (Fsp3) is 0.300. The lowest BCUT2D eigenvalue weighted by molar-refractivity contribution is -0.124. The minimum atomic E-state index is -0.403. The highest BCUT2D eigenvalue weighted by molar-refractivity contribution is 5.89. The number of nitrogens with one attached hydrogen (secondary N) is 1. The van der Waals surface area contributed by atoms with Crippen LogP contribution in [0.3, 0.4) is 0 Å². The maximum absolute atomic E-state index is 12.2. The second-order valence-corrected chi connectivity index (χ2v) is 6.02. The average molecular weight is 339 g/mol. The number of fused-ring (bicyclic) bond motifs is 1. The van der Waals surface area contributed by atoms with Crippen molar-refractivity contribution in [2.75, 3.05) is 13.7 Å². The summed E-state index contributed by atoms with van der Waals surface area (Å²) in [5.74, 6) is -0.0224. The van der Waals surface area contributed by atoms with E-state index >= 15 is 0 Å². The highest BCUT2D eigenvalue weighted by atomic mass is 16.5. The standard InChI is InChI=1S/C20H21NO4/c1-24-20(23)15-9-11-16(12-10-15)25-13-19(22)21-18-8-4-6-14-5-2-3-7-17(14)18/h2-3,5,7,9-12,18H,4,6,8,13H2,1H3,(H,21,22)/t18-/m1/s1. The molecule has 0 bridgehead atoms. The van der Waals surface area contributed by atoms with Crippen molar-refractivity contribution in [1.82, 2.24) is 5.32 Å². The van der Waals surface area contributed by atoms with Gasteiger partial charge in [0, 0.05) is 0 Å². The van der Waals surface area contributed by atoms with Crippen LogP contribution in [0.1, 0.15) is 40.4 Å². The van der Waals surface area contributed by atoms with Crippen molar-refractivity contribution < 1.29 is 19.1 Å². The molecule has 0 heterocycles. The van der Waals surface area contributed by atoms with E-state index < -0.39 is 5.97 Å². The Hall–Kier alpha value is -2.82. The largest absolute Gasteiger partial charge is 0.484 e. The Bertz CT molecular complexity index is 755. The van der Waals surface area contributed by atoms with Gasteiger partial charge in [0.05, 0.1) is 18.7 Å². The average Bonchev–Trinajstić information content (AvgIpc) is 2.66. The molecule has 0 radical (unpaired) electrons. The number of carbonyl (C=O) groups is 2. The molecular formula is C20H21NO4. The number of hydrogen-bond acceptors (Lipinski definition) is 4. The van der Waals surface area contributed by atoms with E-state index in [4.69, 9.17) is 4.74 Å². The molecule has 2 aromatic carbocycles. The van der Waals surface area contributed by atoms with Crippen LogP contribution in [0, 0.1) is 0 Å². The Morgan fingerprint density at radius 3 is 2.64 bits per heavy atom. The minimum Gasteiger partial charge on any atom is -0.484 e. The number of carbonyl (C=O) groups excluding carboxylic acids is 2. The molecule has 0 aromatic heterocycles. The third-order valence-electron chi connectivity index (χ3n) is 4.35. The second kappa shape index (κ2) is 7.83. The van der Waals surface area contributed by atoms with Crippen LogP contribution in [0.25, 0.3) is 0 Å². The van der Waals surface area contributed by atoms with Crippen molar-refractivity contribution in [2.45, 2.75) is 25.3 Å². The zero-order chi connectivity index (χ0) is 17.6. The summed E-state index contributed by atoms with van der Waals surface area (Å²) in [5.41, 5.74) is 2.95. The van der Waals surface area contributed by atoms with Gasteiger partial charge >= 0.3 is 5.97 Å². The molecule has 0 aliphatic heterocycles. The number of rotatable bonds is 5. The maximum atomic E-state index is 12.2. The van der Waals surface area contributed by atoms with Gasteiger partial charge in [-0.05, 0) is 54.7 Å². The van der Waals surface area contributed by atoms with Gasteiger partial charge in [-0.3, -0.25) is 4.79 Å². The van der Waals surface area contributed by atoms with Crippen LogP contribution in [0.2, 0.25) is 0 Å². The minimum absolute atomic E-state index is 0.0442. The summed E-state index contributed by atoms with van der Waals surface area (Å²) in [6.45, 7) is -0.0593. The molecule has 1 aliphatic rings. The number of benzene rings is 2. The van der Waals surface area contributed by atoms with Crippen LogP contribution in [-0.2, 0) is 16.0 Å². The van der Waals surface area contributed by atoms with E-state index in [9.17, 15) is 9.59 Å². The van der Waals surface area contributed by atoms with Gasteiger partial charge in [-0.1, -0.05) is 24.3 Å². The van der Waals surface area contributed by atoms with E-state index in [0.29, 0.717) is 11.3 Å². The summed E-state index contributed by atoms with van der Waals surface area (Å²) < 4.78 is 10.1. The molecule has 0 saturated heterocycles. The van der Waals surface area contributed by atoms with E-state index in [2.05, 4.69) is 22.2 Å². The van der Waals surface area contributed by atoms with Crippen molar-refractivity contribution in [1.29, 1.82) is 0 Å². The molecule has 0 saturated carbocycles. The molecule has 130 valence electrons. The van der Waals surface area contributed by atoms with Gasteiger partial charge in [0.2, 0.25) is 0 Å². The smallest absolute Gasteiger partial charge is 0.337 e. The van der Waals surface area contributed by atoms with Gasteiger partial charge in [-0.2, -0.15) is 0 Å². The molecule has 3 rings (SSSR count). The normalized spacial score (nSPS) is 15.8. The highest BCUT2D eigenvalue weighted by Crippen LogP contribution is 2.29. The number of ether oxygens (including phenoxy) is 2. The van der Waals surface area contributed by atoms with Crippen LogP contribution in [-0.4, -0.2) is 25.6 Å². The fourth-order valence-corrected chi connectivity index (χ4v) is 3.09. The SMILES string of the molecule is COC(=O)c1ccc(OCC(=O)N[C@@H]2CCCc3ccccc32)cc1. The summed E-state index contributed by atoms with van der Waals surface area (Å²) in [7, 11) is 1.33. The van der Waals surface area contributed by atoms with Crippen LogP contribution in [0.4, 0.5) is 0 Å². The van der Waals surface area contributed by atoms with Gasteiger partial charge in [-0.25, -0.2) is 4.79 Å². The molecule has 2 aromatic rings. The molecule has 0 spiro atoms. The number of hydrogen-bond donors (Lipinski definition) is 1. The van der Waals surface area contributed by atoms with Gasteiger partial charge in [0.15, 0.2) is 6.61 Å². The Morgan fingerprint density at radius 2 is 1.88 bits per heavy atom. The summed E-state index contributed by atoms with van der Waals surface area (Å²) >= 11 is 0. The topological polar surface area (TPSA) is 64.6 Å². The lowest BCUT2D eigenvalue weighted by Crippen LogP contribution is -2.34. The Balaban J connectivity index is 1.54. The number of esters is 1. The van der Waals surface area contributed by atoms with Gasteiger partial charge in [-0.15, -0.1) is 0 Å². The van der Waals surface area contributed by atoms with Crippen LogP contribution >= 0.6 is 0 Å². The third kappa shape index (κ3) is 4.18. The zero-order valence-electron chi connectivity index (χ0n) is 14.2. The van der Waals surface area contributed by atoms with Crippen molar-refractivity contribution in [3.63, 3.8) is 0 Å². The first-order valence-electron chi connectivity index (χ1n) is 8.35. The van der Waals surface area contributed by atoms with Crippen LogP contribution in [0.15, 0.2) is 48.5 Å². The number of amides is 1. The van der Waals surface area contributed by atoms with E-state index in [1.807, 2.05) is 12.1 Å². The van der Waals surface area contributed by atoms with Gasteiger partial charge < -0.3 is 14.8 Å². The summed E-state index contributed by atoms with van der Waals surface area (Å²) in [6.07, 6.45) is 3.07. The lowest BCUT2D eigenvalue weighted by Gasteiger charge is -2.26. The molecule has 1 atom stereocenters. The van der Waals surface area contributed by atoms with Crippen molar-refractivity contribution in [3.05, 3.63) is 65.2 Å². The van der Waals surface area contributed by atoms with Crippen molar-refractivity contribution in [2.24, 2.45) is 0 Å². The monoisotopic (exact) mass is 339 g/mol. The lowest BCUT2D eigenvalue weighted by atomic mass is 9.88. The second-order valence-electron chi connectivity index (χ2n) is 6.02. The molecule has 5 heteroatoms. The first-order valence-corrected chi connectivity index (χ1v) is 8.35. The molecule has 5 nitrogen and oxygen atoms in total. The van der Waals surface area contributed by atoms with Crippen molar-refractivity contribution in [3.8, 4) is 5.75 Å². The molecule has 0 unspecified atom stereocenters. The predicted molar refractivity (Wildman–Crippen MR) is 93.5 cm³/mol. The van der Waals surface area contributed by atoms with E-state index in [1.165, 1.54) is 18.2 Å². The number of aryl methyl sites for hydroxylation is 1. The third-order valence-corrected chi connectivity index (χ3v) is 4.35. The summed E-state index contributed by atoms with van der Waals surface area (Å²) in [4.78, 5) is 23.6. The Labute approximate surface area is 147 Å². The zero-order valence-corrected chi connectivity index (χ0v) is 14.2. The Kier molecular flexibility index (Phi) is 5.33. The molecule has 1 aliphatic carbocycles. The maximum Gasteiger partial charge on any atom is 0.337 e. The molecule has 1 N–H and O–H groups in total. The fourth-order valence-electron chi connectivity index (χ4n) is 3.09.